The fourth-order valence-electron chi connectivity index (χ4n) is 11.9. The molecule has 0 radical (unpaired) electrons. The lowest BCUT2D eigenvalue weighted by molar-refractivity contribution is -0.228. The summed E-state index contributed by atoms with van der Waals surface area (Å²) in [6, 6.07) is 0. The number of nitrogens with zero attached hydrogens (tertiary/aromatic N) is 1. The molecule has 0 amide bonds. The third-order valence-electron chi connectivity index (χ3n) is 16.2. The molecule has 0 heterocycles. The van der Waals surface area contributed by atoms with E-state index in [0.29, 0.717) is 18.4 Å². The first kappa shape index (κ1) is 37.9. The highest BCUT2D eigenvalue weighted by atomic mass is 16.5. The van der Waals surface area contributed by atoms with Gasteiger partial charge in [-0.05, 0) is 110 Å². The maximum Gasteiger partial charge on any atom is 0.307 e. The average molecular weight is 646 g/mol. The van der Waals surface area contributed by atoms with E-state index in [1.807, 2.05) is 0 Å². The highest BCUT2D eigenvalue weighted by Gasteiger charge is 2.70. The molecule has 46 heavy (non-hydrogen) atoms. The Hall–Kier alpha value is -0.950. The Labute approximate surface area is 282 Å². The molecule has 2 N–H and O–H groups in total. The Morgan fingerprint density at radius 2 is 1.63 bits per heavy atom. The number of carboxylic acid groups (broad SMARTS) is 1. The van der Waals surface area contributed by atoms with Crippen molar-refractivity contribution in [3.63, 3.8) is 0 Å². The van der Waals surface area contributed by atoms with Crippen molar-refractivity contribution in [2.75, 3.05) is 34.4 Å². The number of aliphatic hydroxyl groups excluding tert-OH is 1. The van der Waals surface area contributed by atoms with E-state index in [0.717, 1.165) is 38.5 Å². The van der Waals surface area contributed by atoms with Gasteiger partial charge in [-0.25, -0.2) is 0 Å². The summed E-state index contributed by atoms with van der Waals surface area (Å²) in [6.45, 7) is 28.3. The van der Waals surface area contributed by atoms with Gasteiger partial charge in [0.25, 0.3) is 0 Å². The van der Waals surface area contributed by atoms with Crippen LogP contribution in [0, 0.1) is 62.1 Å². The molecule has 0 aromatic carbocycles. The maximum atomic E-state index is 13.4. The highest BCUT2D eigenvalue weighted by Crippen LogP contribution is 2.74. The quantitative estimate of drug-likeness (QED) is 0.246. The monoisotopic (exact) mass is 646 g/mol. The lowest BCUT2D eigenvalue weighted by Gasteiger charge is -2.70. The summed E-state index contributed by atoms with van der Waals surface area (Å²) >= 11 is 0. The summed E-state index contributed by atoms with van der Waals surface area (Å²) in [4.78, 5) is 15.6. The van der Waals surface area contributed by atoms with Crippen molar-refractivity contribution in [2.24, 2.45) is 62.1 Å². The molecule has 0 unspecified atom stereocenters. The molecule has 6 nitrogen and oxygen atoms in total. The predicted molar refractivity (Wildman–Crippen MR) is 188 cm³/mol. The van der Waals surface area contributed by atoms with E-state index >= 15 is 0 Å². The number of rotatable bonds is 9. The van der Waals surface area contributed by atoms with Gasteiger partial charge in [0.05, 0.1) is 31.3 Å². The van der Waals surface area contributed by atoms with Crippen LogP contribution >= 0.6 is 0 Å². The van der Waals surface area contributed by atoms with Crippen LogP contribution in [-0.2, 0) is 14.3 Å². The van der Waals surface area contributed by atoms with E-state index in [9.17, 15) is 15.0 Å². The minimum absolute atomic E-state index is 0.0106. The Morgan fingerprint density at radius 1 is 1.02 bits per heavy atom. The zero-order valence-electron chi connectivity index (χ0n) is 32.3. The zero-order chi connectivity index (χ0) is 35.1. The first-order chi connectivity index (χ1) is 21.0. The third-order valence-corrected chi connectivity index (χ3v) is 16.2. The van der Waals surface area contributed by atoms with Crippen LogP contribution < -0.4 is 0 Å². The molecule has 3 saturated carbocycles. The number of fused-ring (bicyclic) bond motifs is 5. The van der Waals surface area contributed by atoms with Crippen LogP contribution in [0.1, 0.15) is 122 Å². The minimum Gasteiger partial charge on any atom is -0.481 e. The van der Waals surface area contributed by atoms with E-state index in [-0.39, 0.29) is 63.3 Å². The van der Waals surface area contributed by atoms with Crippen molar-refractivity contribution in [1.29, 1.82) is 0 Å². The number of hydrogen-bond donors (Lipinski definition) is 2. The van der Waals surface area contributed by atoms with E-state index < -0.39 is 17.3 Å². The first-order valence-corrected chi connectivity index (χ1v) is 18.3. The maximum absolute atomic E-state index is 13.4. The topological polar surface area (TPSA) is 79.2 Å². The molecule has 4 rings (SSSR count). The van der Waals surface area contributed by atoms with E-state index in [2.05, 4.69) is 108 Å². The lowest BCUT2D eigenvalue weighted by Crippen LogP contribution is -2.67. The molecule has 0 aliphatic heterocycles. The van der Waals surface area contributed by atoms with E-state index in [1.165, 1.54) is 5.57 Å². The number of carboxylic acids is 1. The molecule has 6 heteroatoms. The summed E-state index contributed by atoms with van der Waals surface area (Å²) in [5.41, 5.74) is -0.208. The van der Waals surface area contributed by atoms with Crippen molar-refractivity contribution >= 4 is 5.97 Å². The van der Waals surface area contributed by atoms with E-state index in [1.54, 1.807) is 7.11 Å². The minimum atomic E-state index is -0.635. The number of hydrogen-bond acceptors (Lipinski definition) is 5. The number of carbonyl (C=O) groups is 1. The van der Waals surface area contributed by atoms with Crippen LogP contribution in [0.4, 0.5) is 0 Å². The molecule has 11 atom stereocenters. The second kappa shape index (κ2) is 12.1. The SMILES string of the molecule is CO[C@@H]1C[C@]2(CO)C3=CC[C@@]4(C)[C@H](C(=O)O)[C@@](C)([C@H](C)C(C)C)CC[C@]4(C)[C@H]3CC[C@H]2C(C)(C)[C@H]1OC[C@@](C)(N(C)C)C(C)(C)C. The summed E-state index contributed by atoms with van der Waals surface area (Å²) in [6.07, 6.45) is 7.61. The summed E-state index contributed by atoms with van der Waals surface area (Å²) < 4.78 is 13.4. The molecular formula is C40H71NO5. The smallest absolute Gasteiger partial charge is 0.307 e. The number of allylic oxidation sites excluding steroid dienone is 1. The number of ether oxygens (including phenoxy) is 2. The van der Waals surface area contributed by atoms with Gasteiger partial charge in [0.15, 0.2) is 0 Å². The Balaban J connectivity index is 1.77. The zero-order valence-corrected chi connectivity index (χ0v) is 32.3. The molecule has 266 valence electrons. The van der Waals surface area contributed by atoms with Gasteiger partial charge in [-0.3, -0.25) is 4.79 Å². The first-order valence-electron chi connectivity index (χ1n) is 18.3. The number of methoxy groups -OCH3 is 1. The fraction of sp³-hybridized carbons (Fsp3) is 0.925. The lowest BCUT2D eigenvalue weighted by atomic mass is 9.34. The Morgan fingerprint density at radius 3 is 2.11 bits per heavy atom. The van der Waals surface area contributed by atoms with Crippen molar-refractivity contribution in [2.45, 2.75) is 139 Å². The molecule has 0 saturated heterocycles. The second-order valence-electron chi connectivity index (χ2n) is 19.5. The van der Waals surface area contributed by atoms with Crippen molar-refractivity contribution in [3.8, 4) is 0 Å². The van der Waals surface area contributed by atoms with Crippen molar-refractivity contribution in [1.82, 2.24) is 4.90 Å². The van der Waals surface area contributed by atoms with Gasteiger partial charge >= 0.3 is 5.97 Å². The van der Waals surface area contributed by atoms with Crippen LogP contribution in [0.15, 0.2) is 11.6 Å². The predicted octanol–water partition coefficient (Wildman–Crippen LogP) is 8.32. The average Bonchev–Trinajstić information content (AvgIpc) is 2.95. The van der Waals surface area contributed by atoms with Crippen LogP contribution in [-0.4, -0.2) is 73.2 Å². The van der Waals surface area contributed by atoms with Crippen LogP contribution in [0.2, 0.25) is 0 Å². The van der Waals surface area contributed by atoms with E-state index in [4.69, 9.17) is 9.47 Å². The van der Waals surface area contributed by atoms with Crippen molar-refractivity contribution < 1.29 is 24.5 Å². The molecule has 0 aromatic heterocycles. The largest absolute Gasteiger partial charge is 0.481 e. The summed E-state index contributed by atoms with van der Waals surface area (Å²) in [5, 5.41) is 22.5. The molecule has 4 aliphatic rings. The summed E-state index contributed by atoms with van der Waals surface area (Å²) in [7, 11) is 6.09. The van der Waals surface area contributed by atoms with Crippen LogP contribution in [0.3, 0.4) is 0 Å². The van der Waals surface area contributed by atoms with Gasteiger partial charge in [-0.2, -0.15) is 0 Å². The van der Waals surface area contributed by atoms with Gasteiger partial charge in [0.1, 0.15) is 0 Å². The molecular weight excluding hydrogens is 574 g/mol. The molecule has 0 aromatic rings. The van der Waals surface area contributed by atoms with Gasteiger partial charge in [0, 0.05) is 18.1 Å². The normalized spacial score (nSPS) is 42.8. The van der Waals surface area contributed by atoms with Crippen LogP contribution in [0.5, 0.6) is 0 Å². The van der Waals surface area contributed by atoms with Crippen molar-refractivity contribution in [3.05, 3.63) is 11.6 Å². The van der Waals surface area contributed by atoms with Gasteiger partial charge in [-0.1, -0.05) is 87.8 Å². The Kier molecular flexibility index (Phi) is 9.98. The number of likely N-dealkylation sites (N-methyl/N-ethyl adjacent to an activating group) is 1. The molecule has 0 bridgehead atoms. The summed E-state index contributed by atoms with van der Waals surface area (Å²) in [5.74, 6) is 0.168. The number of aliphatic carboxylic acids is 1. The van der Waals surface area contributed by atoms with Crippen LogP contribution in [0.25, 0.3) is 0 Å². The molecule has 3 fully saturated rings. The standard InChI is InChI=1S/C40H71NO5/c1-25(2)26(3)36(9)20-21-37(10)27-16-17-30-35(7,8)32(46-24-39(12,41(13)14)34(4,5)6)29(45-15)22-40(30,23-42)28(27)18-19-38(37,11)31(36)33(43)44/h18,25-27,29-32,42H,16-17,19-24H2,1-15H3,(H,43,44)/t26-,27+,29-,30+,31-,32+,36-,37-,38+,39-,40+/m1/s1. The highest BCUT2D eigenvalue weighted by molar-refractivity contribution is 5.73. The van der Waals surface area contributed by atoms with Gasteiger partial charge in [0.2, 0.25) is 0 Å². The Bertz CT molecular complexity index is 1170. The number of aliphatic hydroxyl groups is 1. The molecule has 4 aliphatic carbocycles. The fourth-order valence-corrected chi connectivity index (χ4v) is 11.9. The third kappa shape index (κ3) is 5.19. The molecule has 0 spiro atoms. The second-order valence-corrected chi connectivity index (χ2v) is 19.5. The van der Waals surface area contributed by atoms with Gasteiger partial charge < -0.3 is 24.6 Å². The van der Waals surface area contributed by atoms with Gasteiger partial charge in [-0.15, -0.1) is 0 Å².